The molecule has 0 saturated heterocycles. The van der Waals surface area contributed by atoms with Crippen molar-refractivity contribution in [2.45, 2.75) is 33.2 Å². The minimum absolute atomic E-state index is 0. The predicted octanol–water partition coefficient (Wildman–Crippen LogP) is -2.60. The Kier molecular flexibility index (Phi) is 12.5. The zero-order valence-electron chi connectivity index (χ0n) is 10.7. The van der Waals surface area contributed by atoms with E-state index in [9.17, 15) is 14.7 Å². The second-order valence-electron chi connectivity index (χ2n) is 4.01. The van der Waals surface area contributed by atoms with Gasteiger partial charge in [0.15, 0.2) is 0 Å². The summed E-state index contributed by atoms with van der Waals surface area (Å²) in [5, 5.41) is 12.2. The number of amides is 1. The summed E-state index contributed by atoms with van der Waals surface area (Å²) < 4.78 is 0. The minimum atomic E-state index is -1.19. The molecule has 0 aliphatic carbocycles. The number of nitrogens with one attached hydrogen (secondary N) is 1. The number of hydrogen-bond donors (Lipinski definition) is 1. The third-order valence-electron chi connectivity index (χ3n) is 1.03. The third-order valence-corrected chi connectivity index (χ3v) is 1.03. The van der Waals surface area contributed by atoms with Crippen molar-refractivity contribution in [3.8, 4) is 0 Å². The summed E-state index contributed by atoms with van der Waals surface area (Å²) in [5.74, 6) is -1.31. The molecule has 16 heavy (non-hydrogen) atoms. The van der Waals surface area contributed by atoms with Crippen LogP contribution in [0.25, 0.3) is 0 Å². The maximum absolute atomic E-state index is 10.6. The SMILES string of the molecule is C=C(C)C(=O)[O-].C=CC(=O)NC(C)(C)C.[Na+]. The summed E-state index contributed by atoms with van der Waals surface area (Å²) in [6, 6.07) is 0. The fourth-order valence-corrected chi connectivity index (χ4v) is 0.421. The Bertz CT molecular complexity index is 255. The van der Waals surface area contributed by atoms with E-state index in [2.05, 4.69) is 18.5 Å². The molecule has 86 valence electrons. The van der Waals surface area contributed by atoms with Crippen LogP contribution in [0.3, 0.4) is 0 Å². The van der Waals surface area contributed by atoms with Gasteiger partial charge in [-0.2, -0.15) is 0 Å². The van der Waals surface area contributed by atoms with Crippen molar-refractivity contribution in [1.29, 1.82) is 0 Å². The van der Waals surface area contributed by atoms with E-state index in [4.69, 9.17) is 0 Å². The summed E-state index contributed by atoms with van der Waals surface area (Å²) in [6.07, 6.45) is 1.27. The van der Waals surface area contributed by atoms with Crippen molar-refractivity contribution < 1.29 is 44.3 Å². The van der Waals surface area contributed by atoms with Crippen LogP contribution >= 0.6 is 0 Å². The minimum Gasteiger partial charge on any atom is -0.545 e. The molecule has 0 bridgehead atoms. The summed E-state index contributed by atoms with van der Waals surface area (Å²) in [4.78, 5) is 20.1. The fourth-order valence-electron chi connectivity index (χ4n) is 0.421. The monoisotopic (exact) mass is 235 g/mol. The van der Waals surface area contributed by atoms with E-state index in [-0.39, 0.29) is 46.6 Å². The van der Waals surface area contributed by atoms with Crippen molar-refractivity contribution >= 4 is 11.9 Å². The number of carboxylic acid groups (broad SMARTS) is 1. The van der Waals surface area contributed by atoms with Crippen LogP contribution in [0, 0.1) is 0 Å². The maximum Gasteiger partial charge on any atom is 1.00 e. The smallest absolute Gasteiger partial charge is 0.545 e. The van der Waals surface area contributed by atoms with Crippen molar-refractivity contribution in [1.82, 2.24) is 5.32 Å². The molecule has 0 saturated carbocycles. The Hall–Kier alpha value is -0.580. The van der Waals surface area contributed by atoms with Crippen molar-refractivity contribution in [2.24, 2.45) is 0 Å². The molecule has 0 fully saturated rings. The molecule has 0 spiro atoms. The number of carbonyl (C=O) groups excluding carboxylic acids is 2. The molecule has 1 amide bonds. The van der Waals surface area contributed by atoms with Crippen molar-refractivity contribution in [3.63, 3.8) is 0 Å². The van der Waals surface area contributed by atoms with Crippen LogP contribution < -0.4 is 40.0 Å². The van der Waals surface area contributed by atoms with Gasteiger partial charge in [-0.15, -0.1) is 0 Å². The van der Waals surface area contributed by atoms with Gasteiger partial charge in [0.25, 0.3) is 0 Å². The number of aliphatic carboxylic acids is 1. The van der Waals surface area contributed by atoms with Crippen LogP contribution in [0.5, 0.6) is 0 Å². The normalized spacial score (nSPS) is 8.75. The molecule has 0 rings (SSSR count). The number of rotatable bonds is 2. The molecule has 0 aliphatic rings. The van der Waals surface area contributed by atoms with Gasteiger partial charge in [-0.05, 0) is 39.3 Å². The Morgan fingerprint density at radius 3 is 1.69 bits per heavy atom. The molecular weight excluding hydrogens is 217 g/mol. The zero-order valence-corrected chi connectivity index (χ0v) is 12.7. The Balaban J connectivity index is -0.000000214. The summed E-state index contributed by atoms with van der Waals surface area (Å²) in [6.45, 7) is 13.6. The van der Waals surface area contributed by atoms with Gasteiger partial charge in [0, 0.05) is 5.54 Å². The van der Waals surface area contributed by atoms with Crippen LogP contribution in [0.4, 0.5) is 0 Å². The second kappa shape index (κ2) is 9.63. The van der Waals surface area contributed by atoms with Gasteiger partial charge in [0.2, 0.25) is 5.91 Å². The summed E-state index contributed by atoms with van der Waals surface area (Å²) in [7, 11) is 0. The fraction of sp³-hybridized carbons (Fsp3) is 0.455. The van der Waals surface area contributed by atoms with E-state index >= 15 is 0 Å². The van der Waals surface area contributed by atoms with E-state index < -0.39 is 5.97 Å². The van der Waals surface area contributed by atoms with Gasteiger partial charge >= 0.3 is 29.6 Å². The molecule has 1 N–H and O–H groups in total. The van der Waals surface area contributed by atoms with E-state index in [1.54, 1.807) is 0 Å². The third kappa shape index (κ3) is 19.1. The molecule has 0 aromatic heterocycles. The molecular formula is C11H18NNaO3. The molecule has 0 radical (unpaired) electrons. The first kappa shape index (κ1) is 20.8. The van der Waals surface area contributed by atoms with E-state index in [0.717, 1.165) is 0 Å². The van der Waals surface area contributed by atoms with Gasteiger partial charge in [-0.25, -0.2) is 0 Å². The molecule has 0 aromatic rings. The van der Waals surface area contributed by atoms with Gasteiger partial charge in [0.05, 0.1) is 5.97 Å². The van der Waals surface area contributed by atoms with Gasteiger partial charge in [-0.1, -0.05) is 13.2 Å². The quantitative estimate of drug-likeness (QED) is 0.421. The molecule has 0 aromatic carbocycles. The molecule has 0 atom stereocenters. The van der Waals surface area contributed by atoms with Crippen molar-refractivity contribution in [3.05, 3.63) is 24.8 Å². The average molecular weight is 235 g/mol. The maximum atomic E-state index is 10.6. The first-order chi connectivity index (χ1) is 6.60. The van der Waals surface area contributed by atoms with E-state index in [1.165, 1.54) is 13.0 Å². The standard InChI is InChI=1S/C7H13NO.C4H6O2.Na/c1-5-6(9)8-7(2,3)4;1-3(2)4(5)6;/h5H,1H2,2-4H3,(H,8,9);1H2,2H3,(H,5,6);/q;;+1/p-1. The predicted molar refractivity (Wildman–Crippen MR) is 57.9 cm³/mol. The Morgan fingerprint density at radius 2 is 1.62 bits per heavy atom. The van der Waals surface area contributed by atoms with E-state index in [0.29, 0.717) is 0 Å². The average Bonchev–Trinajstić information content (AvgIpc) is 2.02. The number of hydrogen-bond acceptors (Lipinski definition) is 3. The molecule has 0 aliphatic heterocycles. The van der Waals surface area contributed by atoms with Crippen molar-refractivity contribution in [2.75, 3.05) is 0 Å². The molecule has 5 heteroatoms. The van der Waals surface area contributed by atoms with Gasteiger partial charge in [0.1, 0.15) is 0 Å². The molecule has 0 heterocycles. The molecule has 0 unspecified atom stereocenters. The van der Waals surface area contributed by atoms with Crippen LogP contribution in [-0.4, -0.2) is 17.4 Å². The summed E-state index contributed by atoms with van der Waals surface area (Å²) >= 11 is 0. The number of carbonyl (C=O) groups is 2. The molecule has 4 nitrogen and oxygen atoms in total. The van der Waals surface area contributed by atoms with Gasteiger partial charge in [-0.3, -0.25) is 4.79 Å². The first-order valence-electron chi connectivity index (χ1n) is 4.41. The van der Waals surface area contributed by atoms with Crippen LogP contribution in [-0.2, 0) is 9.59 Å². The Labute approximate surface area is 119 Å². The van der Waals surface area contributed by atoms with Crippen LogP contribution in [0.2, 0.25) is 0 Å². The number of carboxylic acids is 1. The van der Waals surface area contributed by atoms with Gasteiger partial charge < -0.3 is 15.2 Å². The van der Waals surface area contributed by atoms with Crippen LogP contribution in [0.15, 0.2) is 24.8 Å². The summed E-state index contributed by atoms with van der Waals surface area (Å²) in [5.41, 5.74) is -0.0827. The van der Waals surface area contributed by atoms with Crippen LogP contribution in [0.1, 0.15) is 27.7 Å². The zero-order chi connectivity index (χ0) is 12.6. The first-order valence-corrected chi connectivity index (χ1v) is 4.41. The van der Waals surface area contributed by atoms with E-state index in [1.807, 2.05) is 20.8 Å². The topological polar surface area (TPSA) is 69.2 Å². The second-order valence-corrected chi connectivity index (χ2v) is 4.01. The largest absolute Gasteiger partial charge is 1.00 e. The Morgan fingerprint density at radius 1 is 1.31 bits per heavy atom.